The second-order valence-electron chi connectivity index (χ2n) is 4.26. The molecule has 2 rings (SSSR count). The molecule has 5 heteroatoms. The molecule has 2 nitrogen and oxygen atoms in total. The predicted octanol–water partition coefficient (Wildman–Crippen LogP) is 3.04. The Balaban J connectivity index is 2.26. The minimum atomic E-state index is -0.672. The number of rotatable bonds is 2. The molecule has 0 aromatic heterocycles. The summed E-state index contributed by atoms with van der Waals surface area (Å²) in [6.07, 6.45) is 1.45. The Bertz CT molecular complexity index is 384. The van der Waals surface area contributed by atoms with Gasteiger partial charge in [0.2, 0.25) is 0 Å². The number of halogens is 3. The van der Waals surface area contributed by atoms with Crippen molar-refractivity contribution in [1.82, 2.24) is 0 Å². The third kappa shape index (κ3) is 2.76. The van der Waals surface area contributed by atoms with Crippen LogP contribution in [0.15, 0.2) is 12.1 Å². The fraction of sp³-hybridized carbons (Fsp3) is 0.500. The van der Waals surface area contributed by atoms with Crippen molar-refractivity contribution in [1.29, 1.82) is 0 Å². The zero-order valence-corrected chi connectivity index (χ0v) is 10.0. The van der Waals surface area contributed by atoms with Crippen LogP contribution in [-0.4, -0.2) is 13.2 Å². The van der Waals surface area contributed by atoms with Crippen molar-refractivity contribution < 1.29 is 13.5 Å². The third-order valence-corrected chi connectivity index (χ3v) is 3.37. The molecule has 0 saturated carbocycles. The molecule has 94 valence electrons. The van der Waals surface area contributed by atoms with Gasteiger partial charge in [0.1, 0.15) is 11.6 Å². The van der Waals surface area contributed by atoms with Crippen LogP contribution in [0.25, 0.3) is 0 Å². The second kappa shape index (κ2) is 5.29. The van der Waals surface area contributed by atoms with Gasteiger partial charge in [0.25, 0.3) is 0 Å². The lowest BCUT2D eigenvalue weighted by Gasteiger charge is -2.28. The third-order valence-electron chi connectivity index (χ3n) is 3.15. The molecular formula is C12H14ClF2NO. The van der Waals surface area contributed by atoms with Crippen LogP contribution in [0.3, 0.4) is 0 Å². The summed E-state index contributed by atoms with van der Waals surface area (Å²) in [5, 5.41) is 0.0444. The van der Waals surface area contributed by atoms with E-state index in [2.05, 4.69) is 0 Å². The zero-order chi connectivity index (χ0) is 12.4. The van der Waals surface area contributed by atoms with Crippen molar-refractivity contribution in [2.45, 2.75) is 18.9 Å². The van der Waals surface area contributed by atoms with E-state index in [0.29, 0.717) is 13.2 Å². The van der Waals surface area contributed by atoms with Crippen LogP contribution in [0.5, 0.6) is 0 Å². The van der Waals surface area contributed by atoms with Crippen molar-refractivity contribution in [3.05, 3.63) is 34.4 Å². The van der Waals surface area contributed by atoms with E-state index in [9.17, 15) is 8.78 Å². The number of ether oxygens (including phenoxy) is 1. The van der Waals surface area contributed by atoms with Crippen molar-refractivity contribution >= 4 is 11.6 Å². The molecular weight excluding hydrogens is 248 g/mol. The second-order valence-corrected chi connectivity index (χ2v) is 4.70. The van der Waals surface area contributed by atoms with E-state index in [1.165, 1.54) is 0 Å². The quantitative estimate of drug-likeness (QED) is 0.888. The van der Waals surface area contributed by atoms with Gasteiger partial charge in [0.15, 0.2) is 0 Å². The number of nitrogens with two attached hydrogens (primary N) is 1. The lowest BCUT2D eigenvalue weighted by molar-refractivity contribution is 0.0576. The van der Waals surface area contributed by atoms with E-state index in [4.69, 9.17) is 22.1 Å². The highest BCUT2D eigenvalue weighted by Crippen LogP contribution is 2.32. The minimum absolute atomic E-state index is 0.0444. The van der Waals surface area contributed by atoms with Gasteiger partial charge in [0.05, 0.1) is 0 Å². The van der Waals surface area contributed by atoms with Crippen molar-refractivity contribution in [2.75, 3.05) is 13.2 Å². The van der Waals surface area contributed by atoms with Gasteiger partial charge in [-0.15, -0.1) is 0 Å². The van der Waals surface area contributed by atoms with E-state index in [1.807, 2.05) is 0 Å². The van der Waals surface area contributed by atoms with Crippen LogP contribution in [0.1, 0.15) is 24.4 Å². The maximum Gasteiger partial charge on any atom is 0.132 e. The maximum atomic E-state index is 13.7. The van der Waals surface area contributed by atoms with E-state index >= 15 is 0 Å². The van der Waals surface area contributed by atoms with Gasteiger partial charge in [-0.1, -0.05) is 11.6 Å². The highest BCUT2D eigenvalue weighted by atomic mass is 35.5. The van der Waals surface area contributed by atoms with E-state index in [-0.39, 0.29) is 16.5 Å². The van der Waals surface area contributed by atoms with Crippen molar-refractivity contribution in [3.8, 4) is 0 Å². The largest absolute Gasteiger partial charge is 0.381 e. The molecule has 0 aliphatic carbocycles. The lowest BCUT2D eigenvalue weighted by atomic mass is 9.87. The summed E-state index contributed by atoms with van der Waals surface area (Å²) < 4.78 is 32.6. The van der Waals surface area contributed by atoms with Gasteiger partial charge >= 0.3 is 0 Å². The molecule has 2 N–H and O–H groups in total. The fourth-order valence-corrected chi connectivity index (χ4v) is 2.37. The predicted molar refractivity (Wildman–Crippen MR) is 61.8 cm³/mol. The average Bonchev–Trinajstić information content (AvgIpc) is 2.28. The molecule has 0 bridgehead atoms. The first kappa shape index (κ1) is 12.7. The molecule has 0 amide bonds. The van der Waals surface area contributed by atoms with Gasteiger partial charge in [-0.3, -0.25) is 0 Å². The molecule has 1 heterocycles. The molecule has 0 spiro atoms. The summed E-state index contributed by atoms with van der Waals surface area (Å²) in [4.78, 5) is 0. The normalized spacial score (nSPS) is 19.3. The van der Waals surface area contributed by atoms with E-state index < -0.39 is 17.7 Å². The molecule has 1 aromatic rings. The molecule has 0 unspecified atom stereocenters. The monoisotopic (exact) mass is 261 g/mol. The molecule has 1 aromatic carbocycles. The SMILES string of the molecule is N[C@H](c1c(F)cc(Cl)cc1F)C1CCOCC1. The Hall–Kier alpha value is -0.710. The Morgan fingerprint density at radius 1 is 1.24 bits per heavy atom. The smallest absolute Gasteiger partial charge is 0.132 e. The molecule has 1 aliphatic heterocycles. The summed E-state index contributed by atoms with van der Waals surface area (Å²) >= 11 is 5.57. The minimum Gasteiger partial charge on any atom is -0.381 e. The Morgan fingerprint density at radius 2 is 1.76 bits per heavy atom. The van der Waals surface area contributed by atoms with Gasteiger partial charge in [-0.25, -0.2) is 8.78 Å². The molecule has 0 radical (unpaired) electrons. The van der Waals surface area contributed by atoms with Crippen molar-refractivity contribution in [2.24, 2.45) is 11.7 Å². The van der Waals surface area contributed by atoms with Crippen LogP contribution in [0, 0.1) is 17.6 Å². The highest BCUT2D eigenvalue weighted by Gasteiger charge is 2.27. The van der Waals surface area contributed by atoms with E-state index in [1.54, 1.807) is 0 Å². The Morgan fingerprint density at radius 3 is 2.29 bits per heavy atom. The number of benzene rings is 1. The first-order valence-electron chi connectivity index (χ1n) is 5.57. The van der Waals surface area contributed by atoms with Crippen molar-refractivity contribution in [3.63, 3.8) is 0 Å². The van der Waals surface area contributed by atoms with Gasteiger partial charge in [-0.2, -0.15) is 0 Å². The average molecular weight is 262 g/mol. The number of hydrogen-bond donors (Lipinski definition) is 1. The summed E-state index contributed by atoms with van der Waals surface area (Å²) in [7, 11) is 0. The molecule has 1 saturated heterocycles. The molecule has 1 aliphatic rings. The standard InChI is InChI=1S/C12H14ClF2NO/c13-8-5-9(14)11(10(15)6-8)12(16)7-1-3-17-4-2-7/h5-7,12H,1-4,16H2/t12-/m0/s1. The van der Waals surface area contributed by atoms with Crippen LogP contribution >= 0.6 is 11.6 Å². The summed E-state index contributed by atoms with van der Waals surface area (Å²) in [5.74, 6) is -1.29. The highest BCUT2D eigenvalue weighted by molar-refractivity contribution is 6.30. The molecule has 17 heavy (non-hydrogen) atoms. The zero-order valence-electron chi connectivity index (χ0n) is 9.26. The van der Waals surface area contributed by atoms with Crippen LogP contribution in [0.2, 0.25) is 5.02 Å². The molecule has 1 atom stereocenters. The molecule has 1 fully saturated rings. The van der Waals surface area contributed by atoms with E-state index in [0.717, 1.165) is 25.0 Å². The first-order valence-corrected chi connectivity index (χ1v) is 5.95. The maximum absolute atomic E-state index is 13.7. The summed E-state index contributed by atoms with van der Waals surface area (Å²) in [6, 6.07) is 1.55. The topological polar surface area (TPSA) is 35.2 Å². The van der Waals surface area contributed by atoms with Gasteiger partial charge in [0, 0.05) is 29.8 Å². The Kier molecular flexibility index (Phi) is 3.97. The van der Waals surface area contributed by atoms with Crippen LogP contribution < -0.4 is 5.73 Å². The van der Waals surface area contributed by atoms with Crippen LogP contribution in [0.4, 0.5) is 8.78 Å². The summed E-state index contributed by atoms with van der Waals surface area (Å²) in [5.41, 5.74) is 5.87. The lowest BCUT2D eigenvalue weighted by Crippen LogP contribution is -2.28. The van der Waals surface area contributed by atoms with Gasteiger partial charge < -0.3 is 10.5 Å². The fourth-order valence-electron chi connectivity index (χ4n) is 2.18. The first-order chi connectivity index (χ1) is 8.09. The van der Waals surface area contributed by atoms with Gasteiger partial charge in [-0.05, 0) is 30.9 Å². The summed E-state index contributed by atoms with van der Waals surface area (Å²) in [6.45, 7) is 1.18. The Labute approximate surface area is 104 Å². The van der Waals surface area contributed by atoms with Crippen LogP contribution in [-0.2, 0) is 4.74 Å². The number of hydrogen-bond acceptors (Lipinski definition) is 2.